The van der Waals surface area contributed by atoms with Crippen LogP contribution in [-0.4, -0.2) is 17.6 Å². The molecule has 178 valence electrons. The summed E-state index contributed by atoms with van der Waals surface area (Å²) in [6.07, 6.45) is 0. The fraction of sp³-hybridized carbons (Fsp3) is 0.0667. The monoisotopic (exact) mass is 539 g/mol. The largest absolute Gasteiger partial charge is 0.464 e. The van der Waals surface area contributed by atoms with Gasteiger partial charge in [0.25, 0.3) is 5.56 Å². The molecule has 0 atom stereocenters. The molecule has 0 aliphatic carbocycles. The standard InChI is InChI=1S/C30H22BrNO4/c1-35-30(34)28-27(21-8-4-2-5-9-21)26-18-22(31)14-17-25(26)29(33)32(28)19-20-12-15-24(16-13-20)36-23-10-6-3-7-11-23/h2-18H,19H2,1H3. The minimum atomic E-state index is -0.572. The second-order valence-electron chi connectivity index (χ2n) is 8.22. The van der Waals surface area contributed by atoms with Crippen LogP contribution in [0, 0.1) is 0 Å². The molecule has 1 aromatic heterocycles. The van der Waals surface area contributed by atoms with Gasteiger partial charge in [-0.15, -0.1) is 0 Å². The fourth-order valence-electron chi connectivity index (χ4n) is 4.25. The van der Waals surface area contributed by atoms with E-state index in [0.717, 1.165) is 21.3 Å². The first kappa shape index (κ1) is 23.6. The maximum atomic E-state index is 13.7. The first-order chi connectivity index (χ1) is 17.5. The zero-order valence-corrected chi connectivity index (χ0v) is 21.1. The van der Waals surface area contributed by atoms with E-state index in [1.165, 1.54) is 11.7 Å². The van der Waals surface area contributed by atoms with Crippen LogP contribution in [0.3, 0.4) is 0 Å². The van der Waals surface area contributed by atoms with E-state index in [4.69, 9.17) is 9.47 Å². The molecule has 1 heterocycles. The predicted octanol–water partition coefficient (Wildman–Crippen LogP) is 7.06. The summed E-state index contributed by atoms with van der Waals surface area (Å²) in [5.74, 6) is 0.846. The number of hydrogen-bond acceptors (Lipinski definition) is 4. The number of hydrogen-bond donors (Lipinski definition) is 0. The summed E-state index contributed by atoms with van der Waals surface area (Å²) in [5, 5.41) is 1.21. The Morgan fingerprint density at radius 2 is 1.44 bits per heavy atom. The molecule has 5 nitrogen and oxygen atoms in total. The van der Waals surface area contributed by atoms with Gasteiger partial charge in [0, 0.05) is 15.4 Å². The van der Waals surface area contributed by atoms with Crippen LogP contribution in [0.15, 0.2) is 112 Å². The van der Waals surface area contributed by atoms with Crippen molar-refractivity contribution in [3.05, 3.63) is 129 Å². The number of para-hydroxylation sites is 1. The number of pyridine rings is 1. The van der Waals surface area contributed by atoms with Crippen molar-refractivity contribution in [2.24, 2.45) is 0 Å². The third-order valence-electron chi connectivity index (χ3n) is 5.92. The van der Waals surface area contributed by atoms with Crippen molar-refractivity contribution in [3.63, 3.8) is 0 Å². The van der Waals surface area contributed by atoms with Gasteiger partial charge in [0.1, 0.15) is 17.2 Å². The van der Waals surface area contributed by atoms with Crippen LogP contribution in [0.1, 0.15) is 16.1 Å². The number of methoxy groups -OCH3 is 1. The van der Waals surface area contributed by atoms with Gasteiger partial charge in [-0.2, -0.15) is 0 Å². The lowest BCUT2D eigenvalue weighted by molar-refractivity contribution is 0.0588. The molecule has 0 spiro atoms. The van der Waals surface area contributed by atoms with E-state index in [1.54, 1.807) is 6.07 Å². The molecule has 0 unspecified atom stereocenters. The van der Waals surface area contributed by atoms with Gasteiger partial charge in [-0.25, -0.2) is 4.79 Å². The quantitative estimate of drug-likeness (QED) is 0.217. The molecule has 4 aromatic carbocycles. The van der Waals surface area contributed by atoms with Crippen molar-refractivity contribution in [1.82, 2.24) is 4.57 Å². The van der Waals surface area contributed by atoms with Gasteiger partial charge < -0.3 is 9.47 Å². The average molecular weight is 540 g/mol. The Morgan fingerprint density at radius 1 is 0.806 bits per heavy atom. The van der Waals surface area contributed by atoms with Crippen molar-refractivity contribution in [3.8, 4) is 22.6 Å². The van der Waals surface area contributed by atoms with Crippen LogP contribution >= 0.6 is 15.9 Å². The number of carbonyl (C=O) groups excluding carboxylic acids is 1. The highest BCUT2D eigenvalue weighted by Crippen LogP contribution is 2.33. The molecule has 0 amide bonds. The van der Waals surface area contributed by atoms with E-state index in [9.17, 15) is 9.59 Å². The molecular formula is C30H22BrNO4. The topological polar surface area (TPSA) is 57.5 Å². The molecule has 0 saturated heterocycles. The molecule has 0 radical (unpaired) electrons. The van der Waals surface area contributed by atoms with Crippen LogP contribution in [0.25, 0.3) is 21.9 Å². The van der Waals surface area contributed by atoms with E-state index in [-0.39, 0.29) is 17.8 Å². The third-order valence-corrected chi connectivity index (χ3v) is 6.41. The van der Waals surface area contributed by atoms with Crippen LogP contribution in [0.5, 0.6) is 11.5 Å². The molecule has 0 N–H and O–H groups in total. The van der Waals surface area contributed by atoms with Gasteiger partial charge in [0.05, 0.1) is 13.7 Å². The van der Waals surface area contributed by atoms with Crippen molar-refractivity contribution in [1.29, 1.82) is 0 Å². The van der Waals surface area contributed by atoms with Crippen molar-refractivity contribution >= 4 is 32.7 Å². The van der Waals surface area contributed by atoms with Gasteiger partial charge in [0.15, 0.2) is 0 Å². The molecule has 0 aliphatic heterocycles. The first-order valence-corrected chi connectivity index (χ1v) is 12.2. The van der Waals surface area contributed by atoms with E-state index < -0.39 is 5.97 Å². The van der Waals surface area contributed by atoms with Gasteiger partial charge >= 0.3 is 5.97 Å². The van der Waals surface area contributed by atoms with E-state index in [2.05, 4.69) is 15.9 Å². The third kappa shape index (κ3) is 4.68. The number of fused-ring (bicyclic) bond motifs is 1. The minimum absolute atomic E-state index is 0.195. The molecular weight excluding hydrogens is 518 g/mol. The zero-order valence-electron chi connectivity index (χ0n) is 19.5. The van der Waals surface area contributed by atoms with Crippen molar-refractivity contribution in [2.45, 2.75) is 6.54 Å². The average Bonchev–Trinajstić information content (AvgIpc) is 2.91. The summed E-state index contributed by atoms with van der Waals surface area (Å²) in [6.45, 7) is 0.195. The van der Waals surface area contributed by atoms with Crippen LogP contribution in [-0.2, 0) is 11.3 Å². The van der Waals surface area contributed by atoms with Gasteiger partial charge in [-0.05, 0) is 59.0 Å². The van der Waals surface area contributed by atoms with E-state index in [0.29, 0.717) is 22.1 Å². The summed E-state index contributed by atoms with van der Waals surface area (Å²) in [6, 6.07) is 32.0. The summed E-state index contributed by atoms with van der Waals surface area (Å²) in [4.78, 5) is 26.8. The molecule has 5 aromatic rings. The van der Waals surface area contributed by atoms with Gasteiger partial charge in [0.2, 0.25) is 0 Å². The number of rotatable bonds is 6. The lowest BCUT2D eigenvalue weighted by atomic mass is 9.96. The highest BCUT2D eigenvalue weighted by Gasteiger charge is 2.24. The lowest BCUT2D eigenvalue weighted by Gasteiger charge is -2.19. The van der Waals surface area contributed by atoms with E-state index in [1.807, 2.05) is 97.1 Å². The SMILES string of the molecule is COC(=O)c1c(-c2ccccc2)c2cc(Br)ccc2c(=O)n1Cc1ccc(Oc2ccccc2)cc1. The molecule has 0 aliphatic rings. The predicted molar refractivity (Wildman–Crippen MR) is 145 cm³/mol. The molecule has 0 fully saturated rings. The number of aromatic nitrogens is 1. The number of carbonyl (C=O) groups is 1. The Bertz CT molecular complexity index is 1590. The Kier molecular flexibility index (Phi) is 6.69. The summed E-state index contributed by atoms with van der Waals surface area (Å²) >= 11 is 3.51. The second kappa shape index (κ2) is 10.2. The molecule has 6 heteroatoms. The smallest absolute Gasteiger partial charge is 0.355 e. The Hall–Kier alpha value is -4.16. The highest BCUT2D eigenvalue weighted by molar-refractivity contribution is 9.10. The van der Waals surface area contributed by atoms with Crippen molar-refractivity contribution < 1.29 is 14.3 Å². The number of halogens is 1. The Balaban J connectivity index is 1.65. The Labute approximate surface area is 216 Å². The van der Waals surface area contributed by atoms with Crippen molar-refractivity contribution in [2.75, 3.05) is 7.11 Å². The normalized spacial score (nSPS) is 10.8. The minimum Gasteiger partial charge on any atom is -0.464 e. The van der Waals surface area contributed by atoms with Crippen LogP contribution in [0.4, 0.5) is 0 Å². The first-order valence-electron chi connectivity index (χ1n) is 11.4. The second-order valence-corrected chi connectivity index (χ2v) is 9.14. The Morgan fingerprint density at radius 3 is 2.11 bits per heavy atom. The summed E-state index contributed by atoms with van der Waals surface area (Å²) in [7, 11) is 1.33. The molecule has 36 heavy (non-hydrogen) atoms. The number of nitrogens with zero attached hydrogens (tertiary/aromatic N) is 1. The molecule has 0 saturated carbocycles. The summed E-state index contributed by atoms with van der Waals surface area (Å²) < 4.78 is 13.4. The van der Waals surface area contributed by atoms with Crippen LogP contribution in [0.2, 0.25) is 0 Å². The van der Waals surface area contributed by atoms with Crippen LogP contribution < -0.4 is 10.3 Å². The number of benzene rings is 4. The maximum Gasteiger partial charge on any atom is 0.355 e. The summed E-state index contributed by atoms with van der Waals surface area (Å²) in [5.41, 5.74) is 2.27. The molecule has 0 bridgehead atoms. The van der Waals surface area contributed by atoms with Gasteiger partial charge in [-0.3, -0.25) is 9.36 Å². The lowest BCUT2D eigenvalue weighted by Crippen LogP contribution is -2.28. The highest BCUT2D eigenvalue weighted by atomic mass is 79.9. The van der Waals surface area contributed by atoms with E-state index >= 15 is 0 Å². The fourth-order valence-corrected chi connectivity index (χ4v) is 4.61. The molecule has 5 rings (SSSR count). The number of ether oxygens (including phenoxy) is 2. The van der Waals surface area contributed by atoms with Gasteiger partial charge in [-0.1, -0.05) is 76.6 Å². The zero-order chi connectivity index (χ0) is 25.1. The maximum absolute atomic E-state index is 13.7. The number of esters is 1.